The first-order chi connectivity index (χ1) is 9.70. The van der Waals surface area contributed by atoms with Crippen LogP contribution in [0.25, 0.3) is 0 Å². The van der Waals surface area contributed by atoms with Crippen LogP contribution < -0.4 is 15.4 Å². The molecule has 0 atom stereocenters. The Bertz CT molecular complexity index is 639. The number of rotatable bonds is 4. The molecule has 1 aromatic heterocycles. The van der Waals surface area contributed by atoms with Gasteiger partial charge in [-0.1, -0.05) is 6.07 Å². The third-order valence-corrected chi connectivity index (χ3v) is 3.89. The van der Waals surface area contributed by atoms with Gasteiger partial charge < -0.3 is 15.4 Å². The van der Waals surface area contributed by atoms with E-state index < -0.39 is 0 Å². The van der Waals surface area contributed by atoms with Crippen molar-refractivity contribution in [3.8, 4) is 5.75 Å². The van der Waals surface area contributed by atoms with Crippen molar-refractivity contribution in [1.29, 1.82) is 0 Å². The second-order valence-electron chi connectivity index (χ2n) is 4.62. The molecule has 6 heteroatoms. The summed E-state index contributed by atoms with van der Waals surface area (Å²) < 4.78 is 5.33. The summed E-state index contributed by atoms with van der Waals surface area (Å²) in [6.07, 6.45) is 1.90. The third kappa shape index (κ3) is 2.97. The first kappa shape index (κ1) is 13.1. The molecule has 2 heterocycles. The van der Waals surface area contributed by atoms with Crippen LogP contribution in [0.1, 0.15) is 15.4 Å². The topological polar surface area (TPSA) is 63.2 Å². The van der Waals surface area contributed by atoms with Crippen LogP contribution in [0, 0.1) is 6.92 Å². The van der Waals surface area contributed by atoms with Gasteiger partial charge in [0.2, 0.25) is 0 Å². The summed E-state index contributed by atoms with van der Waals surface area (Å²) in [4.78, 5) is 16.7. The molecule has 0 aliphatic carbocycles. The van der Waals surface area contributed by atoms with Gasteiger partial charge >= 0.3 is 0 Å². The maximum atomic E-state index is 11.3. The maximum absolute atomic E-state index is 11.3. The normalized spacial score (nSPS) is 13.6. The van der Waals surface area contributed by atoms with E-state index in [1.54, 1.807) is 11.3 Å². The van der Waals surface area contributed by atoms with Gasteiger partial charge in [-0.2, -0.15) is 0 Å². The van der Waals surface area contributed by atoms with Crippen molar-refractivity contribution in [2.45, 2.75) is 20.0 Å². The number of ether oxygens (including phenoxy) is 1. The molecule has 104 valence electrons. The minimum absolute atomic E-state index is 0.0926. The molecule has 0 fully saturated rings. The van der Waals surface area contributed by atoms with Gasteiger partial charge in [0.25, 0.3) is 5.91 Å². The van der Waals surface area contributed by atoms with Crippen LogP contribution in [-0.4, -0.2) is 17.5 Å². The highest BCUT2D eigenvalue weighted by molar-refractivity contribution is 7.11. The van der Waals surface area contributed by atoms with Crippen LogP contribution >= 0.6 is 11.3 Å². The second kappa shape index (κ2) is 5.60. The fraction of sp³-hybridized carbons (Fsp3) is 0.286. The molecule has 0 saturated carbocycles. The van der Waals surface area contributed by atoms with Gasteiger partial charge in [-0.15, -0.1) is 11.3 Å². The molecule has 0 spiro atoms. The number of hydrogen-bond acceptors (Lipinski definition) is 5. The van der Waals surface area contributed by atoms with E-state index in [0.29, 0.717) is 0 Å². The lowest BCUT2D eigenvalue weighted by molar-refractivity contribution is -0.118. The van der Waals surface area contributed by atoms with E-state index in [1.807, 2.05) is 31.3 Å². The zero-order valence-electron chi connectivity index (χ0n) is 11.1. The molecule has 2 aromatic rings. The average molecular weight is 289 g/mol. The minimum atomic E-state index is -0.109. The highest BCUT2D eigenvalue weighted by Gasteiger charge is 2.15. The number of nitrogens with one attached hydrogen (secondary N) is 2. The van der Waals surface area contributed by atoms with Crippen molar-refractivity contribution in [2.75, 3.05) is 11.9 Å². The summed E-state index contributed by atoms with van der Waals surface area (Å²) in [6, 6.07) is 5.83. The van der Waals surface area contributed by atoms with Gasteiger partial charge in [-0.3, -0.25) is 4.79 Å². The van der Waals surface area contributed by atoms with E-state index in [0.717, 1.165) is 35.1 Å². The van der Waals surface area contributed by atoms with Crippen molar-refractivity contribution in [2.24, 2.45) is 0 Å². The summed E-state index contributed by atoms with van der Waals surface area (Å²) in [6.45, 7) is 3.63. The van der Waals surface area contributed by atoms with Crippen molar-refractivity contribution in [1.82, 2.24) is 10.3 Å². The highest BCUT2D eigenvalue weighted by atomic mass is 32.1. The molecule has 0 radical (unpaired) electrons. The van der Waals surface area contributed by atoms with E-state index in [-0.39, 0.29) is 12.5 Å². The lowest BCUT2D eigenvalue weighted by atomic mass is 10.1. The first-order valence-corrected chi connectivity index (χ1v) is 7.20. The number of carbonyl (C=O) groups excluding carboxylic acids is 1. The molecule has 0 saturated heterocycles. The Morgan fingerprint density at radius 3 is 3.15 bits per heavy atom. The van der Waals surface area contributed by atoms with Gasteiger partial charge in [-0.05, 0) is 24.6 Å². The molecule has 3 rings (SSSR count). The summed E-state index contributed by atoms with van der Waals surface area (Å²) in [5.41, 5.74) is 1.85. The fourth-order valence-corrected chi connectivity index (χ4v) is 2.82. The number of anilines is 1. The van der Waals surface area contributed by atoms with Crippen LogP contribution in [0.5, 0.6) is 5.75 Å². The molecule has 20 heavy (non-hydrogen) atoms. The van der Waals surface area contributed by atoms with E-state index in [1.165, 1.54) is 4.88 Å². The summed E-state index contributed by atoms with van der Waals surface area (Å²) in [5.74, 6) is 0.620. The lowest BCUT2D eigenvalue weighted by Gasteiger charge is -2.18. The van der Waals surface area contributed by atoms with Gasteiger partial charge in [0.15, 0.2) is 6.61 Å². The molecular weight excluding hydrogens is 274 g/mol. The monoisotopic (exact) mass is 289 g/mol. The largest absolute Gasteiger partial charge is 0.482 e. The summed E-state index contributed by atoms with van der Waals surface area (Å²) in [7, 11) is 0. The van der Waals surface area contributed by atoms with Crippen molar-refractivity contribution >= 4 is 22.9 Å². The Labute approximate surface area is 121 Å². The minimum Gasteiger partial charge on any atom is -0.482 e. The molecular formula is C14H15N3O2S. The lowest BCUT2D eigenvalue weighted by Crippen LogP contribution is -2.25. The number of nitrogens with zero attached hydrogens (tertiary/aromatic N) is 1. The van der Waals surface area contributed by atoms with Crippen LogP contribution in [0.4, 0.5) is 5.69 Å². The van der Waals surface area contributed by atoms with Crippen molar-refractivity contribution in [3.05, 3.63) is 39.8 Å². The van der Waals surface area contributed by atoms with E-state index >= 15 is 0 Å². The van der Waals surface area contributed by atoms with Crippen LogP contribution in [0.3, 0.4) is 0 Å². The molecule has 1 aliphatic rings. The Balaban J connectivity index is 1.60. The van der Waals surface area contributed by atoms with Gasteiger partial charge in [0.1, 0.15) is 5.75 Å². The third-order valence-electron chi connectivity index (χ3n) is 2.97. The number of carbonyl (C=O) groups is 1. The van der Waals surface area contributed by atoms with E-state index in [2.05, 4.69) is 15.6 Å². The smallest absolute Gasteiger partial charge is 0.262 e. The van der Waals surface area contributed by atoms with Crippen LogP contribution in [0.15, 0.2) is 24.4 Å². The standard InChI is InChI=1S/C14H15N3O2S/c1-9-16-7-11(20-9)6-15-5-10-2-3-13-12(4-10)17-14(18)8-19-13/h2-4,7,15H,5-6,8H2,1H3,(H,17,18). The zero-order valence-corrected chi connectivity index (χ0v) is 11.9. The number of aromatic nitrogens is 1. The number of amides is 1. The predicted molar refractivity (Wildman–Crippen MR) is 78.0 cm³/mol. The quantitative estimate of drug-likeness (QED) is 0.904. The molecule has 1 aliphatic heterocycles. The zero-order chi connectivity index (χ0) is 13.9. The van der Waals surface area contributed by atoms with Gasteiger partial charge in [-0.25, -0.2) is 4.98 Å². The fourth-order valence-electron chi connectivity index (χ4n) is 2.06. The summed E-state index contributed by atoms with van der Waals surface area (Å²) in [5, 5.41) is 7.26. The molecule has 0 unspecified atom stereocenters. The van der Waals surface area contributed by atoms with Crippen molar-refractivity contribution < 1.29 is 9.53 Å². The van der Waals surface area contributed by atoms with Gasteiger partial charge in [0, 0.05) is 24.2 Å². The number of benzene rings is 1. The van der Waals surface area contributed by atoms with Crippen LogP contribution in [0.2, 0.25) is 0 Å². The SMILES string of the molecule is Cc1ncc(CNCc2ccc3c(c2)NC(=O)CO3)s1. The van der Waals surface area contributed by atoms with Crippen molar-refractivity contribution in [3.63, 3.8) is 0 Å². The average Bonchev–Trinajstić information content (AvgIpc) is 2.84. The Hall–Kier alpha value is -1.92. The van der Waals surface area contributed by atoms with Gasteiger partial charge in [0.05, 0.1) is 10.7 Å². The predicted octanol–water partition coefficient (Wildman–Crippen LogP) is 2.07. The molecule has 2 N–H and O–H groups in total. The molecule has 1 amide bonds. The van der Waals surface area contributed by atoms with E-state index in [9.17, 15) is 4.79 Å². The number of hydrogen-bond donors (Lipinski definition) is 2. The van der Waals surface area contributed by atoms with Crippen LogP contribution in [-0.2, 0) is 17.9 Å². The Morgan fingerprint density at radius 2 is 2.35 bits per heavy atom. The maximum Gasteiger partial charge on any atom is 0.262 e. The molecule has 0 bridgehead atoms. The highest BCUT2D eigenvalue weighted by Crippen LogP contribution is 2.28. The summed E-state index contributed by atoms with van der Waals surface area (Å²) >= 11 is 1.70. The molecule has 1 aromatic carbocycles. The Kier molecular flexibility index (Phi) is 3.66. The Morgan fingerprint density at radius 1 is 1.45 bits per heavy atom. The second-order valence-corrected chi connectivity index (χ2v) is 5.94. The first-order valence-electron chi connectivity index (χ1n) is 6.38. The molecule has 5 nitrogen and oxygen atoms in total. The number of thiazole rings is 1. The van der Waals surface area contributed by atoms with E-state index in [4.69, 9.17) is 4.74 Å². The number of aryl methyl sites for hydroxylation is 1. The number of fused-ring (bicyclic) bond motifs is 1.